The second kappa shape index (κ2) is 10.5. The summed E-state index contributed by atoms with van der Waals surface area (Å²) in [6.07, 6.45) is 3.98. The Hall–Kier alpha value is -1.26. The zero-order valence-corrected chi connectivity index (χ0v) is 14.4. The van der Waals surface area contributed by atoms with Crippen molar-refractivity contribution in [2.24, 2.45) is 0 Å². The van der Waals surface area contributed by atoms with Gasteiger partial charge in [-0.3, -0.25) is 0 Å². The van der Waals surface area contributed by atoms with E-state index in [1.807, 2.05) is 45.0 Å². The normalized spacial score (nSPS) is 11.5. The molecule has 126 valence electrons. The van der Waals surface area contributed by atoms with Gasteiger partial charge in [-0.25, -0.2) is 0 Å². The van der Waals surface area contributed by atoms with Crippen LogP contribution in [-0.2, 0) is 9.47 Å². The van der Waals surface area contributed by atoms with E-state index in [2.05, 4.69) is 6.92 Å². The Labute approximate surface area is 134 Å². The minimum absolute atomic E-state index is 0.521. The van der Waals surface area contributed by atoms with Gasteiger partial charge < -0.3 is 18.9 Å². The number of hydrogen-bond acceptors (Lipinski definition) is 4. The molecule has 0 radical (unpaired) electrons. The molecule has 0 atom stereocenters. The zero-order valence-electron chi connectivity index (χ0n) is 14.4. The minimum Gasteiger partial charge on any atom is -0.490 e. The highest BCUT2D eigenvalue weighted by Gasteiger charge is 2.33. The maximum atomic E-state index is 6.05. The van der Waals surface area contributed by atoms with E-state index < -0.39 is 5.97 Å². The summed E-state index contributed by atoms with van der Waals surface area (Å²) in [6, 6.07) is 7.67. The van der Waals surface area contributed by atoms with Crippen LogP contribution in [0.1, 0.15) is 53.4 Å². The van der Waals surface area contributed by atoms with Crippen LogP contribution in [0.15, 0.2) is 24.3 Å². The van der Waals surface area contributed by atoms with Gasteiger partial charge in [0, 0.05) is 6.42 Å². The minimum atomic E-state index is -1.05. The van der Waals surface area contributed by atoms with E-state index in [1.54, 1.807) is 0 Å². The number of para-hydroxylation sites is 2. The highest BCUT2D eigenvalue weighted by Crippen LogP contribution is 2.32. The summed E-state index contributed by atoms with van der Waals surface area (Å²) < 4.78 is 23.3. The van der Waals surface area contributed by atoms with Gasteiger partial charge in [0.1, 0.15) is 0 Å². The smallest absolute Gasteiger partial charge is 0.326 e. The van der Waals surface area contributed by atoms with Crippen LogP contribution >= 0.6 is 0 Å². The molecule has 0 fully saturated rings. The fourth-order valence-electron chi connectivity index (χ4n) is 2.17. The summed E-state index contributed by atoms with van der Waals surface area (Å²) in [6.45, 7) is 9.75. The average Bonchev–Trinajstić information content (AvgIpc) is 2.53. The molecule has 0 saturated heterocycles. The lowest BCUT2D eigenvalue weighted by atomic mass is 10.2. The highest BCUT2D eigenvalue weighted by molar-refractivity contribution is 5.39. The van der Waals surface area contributed by atoms with Crippen LogP contribution < -0.4 is 9.47 Å². The van der Waals surface area contributed by atoms with Gasteiger partial charge in [-0.15, -0.1) is 0 Å². The van der Waals surface area contributed by atoms with Crippen LogP contribution in [0.3, 0.4) is 0 Å². The van der Waals surface area contributed by atoms with Crippen molar-refractivity contribution >= 4 is 0 Å². The summed E-state index contributed by atoms with van der Waals surface area (Å²) in [7, 11) is 0. The van der Waals surface area contributed by atoms with Crippen molar-refractivity contribution in [1.82, 2.24) is 0 Å². The third kappa shape index (κ3) is 5.85. The predicted octanol–water partition coefficient (Wildman–Crippen LogP) is 4.77. The Morgan fingerprint density at radius 1 is 0.864 bits per heavy atom. The number of rotatable bonds is 12. The molecule has 0 N–H and O–H groups in total. The Kier molecular flexibility index (Phi) is 8.94. The Balaban J connectivity index is 2.80. The third-order valence-corrected chi connectivity index (χ3v) is 3.28. The first kappa shape index (κ1) is 18.8. The van der Waals surface area contributed by atoms with E-state index in [0.717, 1.165) is 12.2 Å². The number of hydrogen-bond donors (Lipinski definition) is 0. The molecule has 0 heterocycles. The van der Waals surface area contributed by atoms with Gasteiger partial charge in [-0.05, 0) is 32.4 Å². The van der Waals surface area contributed by atoms with Crippen molar-refractivity contribution < 1.29 is 18.9 Å². The van der Waals surface area contributed by atoms with Gasteiger partial charge in [0.2, 0.25) is 0 Å². The Bertz CT molecular complexity index is 400. The lowest BCUT2D eigenvalue weighted by molar-refractivity contribution is -0.341. The van der Waals surface area contributed by atoms with E-state index in [1.165, 1.54) is 12.8 Å². The molecule has 1 rings (SSSR count). The Morgan fingerprint density at radius 2 is 1.50 bits per heavy atom. The topological polar surface area (TPSA) is 36.9 Å². The largest absolute Gasteiger partial charge is 0.490 e. The molecule has 4 nitrogen and oxygen atoms in total. The van der Waals surface area contributed by atoms with Gasteiger partial charge >= 0.3 is 5.97 Å². The molecule has 0 aliphatic heterocycles. The number of unbranched alkanes of at least 4 members (excludes halogenated alkanes) is 2. The van der Waals surface area contributed by atoms with Crippen molar-refractivity contribution in [1.29, 1.82) is 0 Å². The average molecular weight is 310 g/mol. The molecular formula is C18H30O4. The van der Waals surface area contributed by atoms with Gasteiger partial charge in [-0.1, -0.05) is 38.8 Å². The lowest BCUT2D eigenvalue weighted by Gasteiger charge is -2.32. The highest BCUT2D eigenvalue weighted by atomic mass is 16.9. The SMILES string of the molecule is CCCCCOc1ccccc1OC(CC)(OCC)OCC. The summed E-state index contributed by atoms with van der Waals surface area (Å²) in [5, 5.41) is 0. The first-order valence-electron chi connectivity index (χ1n) is 8.40. The summed E-state index contributed by atoms with van der Waals surface area (Å²) in [4.78, 5) is 0. The number of ether oxygens (including phenoxy) is 4. The predicted molar refractivity (Wildman–Crippen MR) is 88.4 cm³/mol. The van der Waals surface area contributed by atoms with Crippen molar-refractivity contribution in [3.63, 3.8) is 0 Å². The molecule has 0 aliphatic carbocycles. The molecule has 0 aliphatic rings. The molecule has 0 bridgehead atoms. The van der Waals surface area contributed by atoms with Crippen molar-refractivity contribution in [3.05, 3.63) is 24.3 Å². The van der Waals surface area contributed by atoms with Crippen LogP contribution in [0.5, 0.6) is 11.5 Å². The first-order chi connectivity index (χ1) is 10.7. The Morgan fingerprint density at radius 3 is 2.05 bits per heavy atom. The van der Waals surface area contributed by atoms with E-state index in [0.29, 0.717) is 32.0 Å². The maximum absolute atomic E-state index is 6.05. The summed E-state index contributed by atoms with van der Waals surface area (Å²) in [5.41, 5.74) is 0. The quantitative estimate of drug-likeness (QED) is 0.411. The van der Waals surface area contributed by atoms with Gasteiger partial charge in [0.25, 0.3) is 0 Å². The monoisotopic (exact) mass is 310 g/mol. The maximum Gasteiger partial charge on any atom is 0.326 e. The van der Waals surface area contributed by atoms with Gasteiger partial charge in [-0.2, -0.15) is 0 Å². The van der Waals surface area contributed by atoms with Crippen molar-refractivity contribution in [2.45, 2.75) is 59.4 Å². The molecular weight excluding hydrogens is 280 g/mol. The van der Waals surface area contributed by atoms with Crippen LogP contribution in [-0.4, -0.2) is 25.8 Å². The second-order valence-electron chi connectivity index (χ2n) is 5.01. The van der Waals surface area contributed by atoms with Gasteiger partial charge in [0.15, 0.2) is 11.5 Å². The lowest BCUT2D eigenvalue weighted by Crippen LogP contribution is -2.41. The molecule has 4 heteroatoms. The third-order valence-electron chi connectivity index (χ3n) is 3.28. The summed E-state index contributed by atoms with van der Waals surface area (Å²) >= 11 is 0. The van der Waals surface area contributed by atoms with E-state index in [4.69, 9.17) is 18.9 Å². The molecule has 1 aromatic rings. The van der Waals surface area contributed by atoms with Crippen LogP contribution in [0, 0.1) is 0 Å². The van der Waals surface area contributed by atoms with E-state index in [-0.39, 0.29) is 0 Å². The molecule has 0 unspecified atom stereocenters. The summed E-state index contributed by atoms with van der Waals surface area (Å²) in [5.74, 6) is 0.338. The fraction of sp³-hybridized carbons (Fsp3) is 0.667. The zero-order chi connectivity index (χ0) is 16.3. The molecule has 1 aromatic carbocycles. The van der Waals surface area contributed by atoms with E-state index in [9.17, 15) is 0 Å². The van der Waals surface area contributed by atoms with Crippen molar-refractivity contribution in [2.75, 3.05) is 19.8 Å². The van der Waals surface area contributed by atoms with Gasteiger partial charge in [0.05, 0.1) is 19.8 Å². The van der Waals surface area contributed by atoms with Crippen LogP contribution in [0.4, 0.5) is 0 Å². The van der Waals surface area contributed by atoms with Crippen LogP contribution in [0.25, 0.3) is 0 Å². The van der Waals surface area contributed by atoms with Crippen LogP contribution in [0.2, 0.25) is 0 Å². The number of benzene rings is 1. The van der Waals surface area contributed by atoms with Crippen molar-refractivity contribution in [3.8, 4) is 11.5 Å². The molecule has 0 amide bonds. The molecule has 0 saturated carbocycles. The standard InChI is InChI=1S/C18H30O4/c1-5-9-12-15-19-16-13-10-11-14-17(16)22-18(6-2,20-7-3)21-8-4/h10-11,13-14H,5-9,12,15H2,1-4H3. The molecule has 22 heavy (non-hydrogen) atoms. The second-order valence-corrected chi connectivity index (χ2v) is 5.01. The first-order valence-corrected chi connectivity index (χ1v) is 8.40. The van der Waals surface area contributed by atoms with E-state index >= 15 is 0 Å². The molecule has 0 spiro atoms. The fourth-order valence-corrected chi connectivity index (χ4v) is 2.17. The molecule has 0 aromatic heterocycles.